The molecule has 2 rings (SSSR count). The van der Waals surface area contributed by atoms with Crippen molar-refractivity contribution in [1.29, 1.82) is 0 Å². The number of nitrogens with one attached hydrogen (secondary N) is 1. The zero-order valence-corrected chi connectivity index (χ0v) is 12.2. The first kappa shape index (κ1) is 14.3. The molecule has 3 atom stereocenters. The Kier molecular flexibility index (Phi) is 5.42. The number of morpholine rings is 1. The van der Waals surface area contributed by atoms with Crippen molar-refractivity contribution in [3.05, 3.63) is 0 Å². The molecule has 2 fully saturated rings. The molecular weight excluding hydrogens is 226 g/mol. The first-order valence-corrected chi connectivity index (χ1v) is 7.49. The minimum absolute atomic E-state index is 0.358. The van der Waals surface area contributed by atoms with Crippen molar-refractivity contribution in [2.45, 2.75) is 44.9 Å². The molecule has 0 saturated carbocycles. The van der Waals surface area contributed by atoms with E-state index >= 15 is 0 Å². The van der Waals surface area contributed by atoms with Gasteiger partial charge in [0.05, 0.1) is 12.7 Å². The maximum atomic E-state index is 5.94. The van der Waals surface area contributed by atoms with Crippen LogP contribution >= 0.6 is 0 Å². The number of hydrogen-bond donors (Lipinski definition) is 1. The van der Waals surface area contributed by atoms with Gasteiger partial charge in [0, 0.05) is 38.3 Å². The molecule has 0 bridgehead atoms. The van der Waals surface area contributed by atoms with Crippen LogP contribution < -0.4 is 5.32 Å². The van der Waals surface area contributed by atoms with E-state index in [1.54, 1.807) is 0 Å². The van der Waals surface area contributed by atoms with Gasteiger partial charge in [-0.05, 0) is 33.4 Å². The molecule has 2 aliphatic rings. The van der Waals surface area contributed by atoms with Gasteiger partial charge in [0.1, 0.15) is 0 Å². The molecule has 3 unspecified atom stereocenters. The Morgan fingerprint density at radius 2 is 2.22 bits per heavy atom. The third kappa shape index (κ3) is 3.44. The van der Waals surface area contributed by atoms with Crippen LogP contribution in [0.5, 0.6) is 0 Å². The molecule has 0 aromatic rings. The van der Waals surface area contributed by atoms with E-state index in [0.717, 1.165) is 19.7 Å². The van der Waals surface area contributed by atoms with E-state index in [9.17, 15) is 0 Å². The molecular formula is C14H29N3O. The smallest absolute Gasteiger partial charge is 0.0852 e. The van der Waals surface area contributed by atoms with E-state index in [1.165, 1.54) is 32.5 Å². The molecule has 4 heteroatoms. The quantitative estimate of drug-likeness (QED) is 0.806. The van der Waals surface area contributed by atoms with Crippen molar-refractivity contribution < 1.29 is 4.74 Å². The second-order valence-corrected chi connectivity index (χ2v) is 5.77. The Bertz CT molecular complexity index is 243. The van der Waals surface area contributed by atoms with Crippen LogP contribution in [0.15, 0.2) is 0 Å². The summed E-state index contributed by atoms with van der Waals surface area (Å²) in [6.45, 7) is 11.1. The summed E-state index contributed by atoms with van der Waals surface area (Å²) in [4.78, 5) is 5.15. The van der Waals surface area contributed by atoms with Gasteiger partial charge in [-0.25, -0.2) is 0 Å². The number of likely N-dealkylation sites (N-methyl/N-ethyl adjacent to an activating group) is 1. The average molecular weight is 255 g/mol. The van der Waals surface area contributed by atoms with E-state index < -0.39 is 0 Å². The Hall–Kier alpha value is -0.160. The van der Waals surface area contributed by atoms with Gasteiger partial charge in [-0.2, -0.15) is 0 Å². The number of hydrogen-bond acceptors (Lipinski definition) is 4. The molecule has 2 aliphatic heterocycles. The lowest BCUT2D eigenvalue weighted by molar-refractivity contribution is -0.0370. The lowest BCUT2D eigenvalue weighted by Crippen LogP contribution is -2.54. The maximum absolute atomic E-state index is 5.94. The molecule has 0 spiro atoms. The highest BCUT2D eigenvalue weighted by molar-refractivity contribution is 4.87. The van der Waals surface area contributed by atoms with Gasteiger partial charge in [0.25, 0.3) is 0 Å². The van der Waals surface area contributed by atoms with Crippen molar-refractivity contribution >= 4 is 0 Å². The zero-order chi connectivity index (χ0) is 13.0. The second-order valence-electron chi connectivity index (χ2n) is 5.77. The summed E-state index contributed by atoms with van der Waals surface area (Å²) >= 11 is 0. The van der Waals surface area contributed by atoms with Crippen LogP contribution in [0.3, 0.4) is 0 Å². The second kappa shape index (κ2) is 6.85. The lowest BCUT2D eigenvalue weighted by Gasteiger charge is -2.40. The van der Waals surface area contributed by atoms with E-state index in [1.807, 2.05) is 0 Å². The summed E-state index contributed by atoms with van der Waals surface area (Å²) in [5.41, 5.74) is 0. The first-order chi connectivity index (χ1) is 8.72. The molecule has 0 aromatic carbocycles. The monoisotopic (exact) mass is 255 g/mol. The summed E-state index contributed by atoms with van der Waals surface area (Å²) in [5.74, 6) is 0. The van der Waals surface area contributed by atoms with Gasteiger partial charge in [-0.1, -0.05) is 6.92 Å². The highest BCUT2D eigenvalue weighted by Crippen LogP contribution is 2.19. The summed E-state index contributed by atoms with van der Waals surface area (Å²) in [7, 11) is 2.25. The maximum Gasteiger partial charge on any atom is 0.0852 e. The third-order valence-electron chi connectivity index (χ3n) is 4.44. The van der Waals surface area contributed by atoms with E-state index in [-0.39, 0.29) is 0 Å². The predicted molar refractivity (Wildman–Crippen MR) is 75.0 cm³/mol. The fourth-order valence-corrected chi connectivity index (χ4v) is 3.27. The molecule has 1 N–H and O–H groups in total. The van der Waals surface area contributed by atoms with E-state index in [0.29, 0.717) is 18.2 Å². The largest absolute Gasteiger partial charge is 0.374 e. The van der Waals surface area contributed by atoms with Crippen LogP contribution in [0, 0.1) is 0 Å². The standard InChI is InChI=1S/C14H29N3O/c1-4-13-11-16(3)7-5-8-17(13)12(2)14-10-15-6-9-18-14/h12-15H,4-11H2,1-3H3. The topological polar surface area (TPSA) is 27.7 Å². The highest BCUT2D eigenvalue weighted by Gasteiger charge is 2.31. The third-order valence-corrected chi connectivity index (χ3v) is 4.44. The molecule has 0 aliphatic carbocycles. The van der Waals surface area contributed by atoms with Gasteiger partial charge in [-0.15, -0.1) is 0 Å². The zero-order valence-electron chi connectivity index (χ0n) is 12.2. The minimum Gasteiger partial charge on any atom is -0.374 e. The molecule has 0 aromatic heterocycles. The van der Waals surface area contributed by atoms with Crippen molar-refractivity contribution in [3.8, 4) is 0 Å². The minimum atomic E-state index is 0.358. The summed E-state index contributed by atoms with van der Waals surface area (Å²) in [6.07, 6.45) is 2.86. The van der Waals surface area contributed by atoms with Gasteiger partial charge >= 0.3 is 0 Å². The van der Waals surface area contributed by atoms with Gasteiger partial charge < -0.3 is 15.0 Å². The van der Waals surface area contributed by atoms with Crippen molar-refractivity contribution in [2.24, 2.45) is 0 Å². The number of ether oxygens (including phenoxy) is 1. The van der Waals surface area contributed by atoms with Crippen LogP contribution in [0.1, 0.15) is 26.7 Å². The van der Waals surface area contributed by atoms with E-state index in [4.69, 9.17) is 4.74 Å². The molecule has 106 valence electrons. The SMILES string of the molecule is CCC1CN(C)CCCN1C(C)C1CNCCO1. The van der Waals surface area contributed by atoms with Crippen molar-refractivity contribution in [2.75, 3.05) is 46.4 Å². The highest BCUT2D eigenvalue weighted by atomic mass is 16.5. The van der Waals surface area contributed by atoms with Crippen LogP contribution in [0.4, 0.5) is 0 Å². The Morgan fingerprint density at radius 1 is 1.39 bits per heavy atom. The fraction of sp³-hybridized carbons (Fsp3) is 1.00. The molecule has 4 nitrogen and oxygen atoms in total. The normalized spacial score (nSPS) is 34.2. The molecule has 0 amide bonds. The van der Waals surface area contributed by atoms with Gasteiger partial charge in [0.2, 0.25) is 0 Å². The molecule has 2 saturated heterocycles. The summed E-state index contributed by atoms with van der Waals surface area (Å²) < 4.78 is 5.94. The number of rotatable bonds is 3. The van der Waals surface area contributed by atoms with Crippen molar-refractivity contribution in [1.82, 2.24) is 15.1 Å². The van der Waals surface area contributed by atoms with Gasteiger partial charge in [-0.3, -0.25) is 4.90 Å². The molecule has 18 heavy (non-hydrogen) atoms. The first-order valence-electron chi connectivity index (χ1n) is 7.49. The lowest BCUT2D eigenvalue weighted by atomic mass is 10.1. The predicted octanol–water partition coefficient (Wildman–Crippen LogP) is 0.779. The number of nitrogens with zero attached hydrogens (tertiary/aromatic N) is 2. The van der Waals surface area contributed by atoms with Crippen LogP contribution in [0.25, 0.3) is 0 Å². The molecule has 0 radical (unpaired) electrons. The van der Waals surface area contributed by atoms with Crippen LogP contribution in [-0.4, -0.2) is 74.4 Å². The fourth-order valence-electron chi connectivity index (χ4n) is 3.27. The molecule has 2 heterocycles. The van der Waals surface area contributed by atoms with E-state index in [2.05, 4.69) is 36.0 Å². The van der Waals surface area contributed by atoms with Crippen molar-refractivity contribution in [3.63, 3.8) is 0 Å². The Morgan fingerprint density at radius 3 is 2.89 bits per heavy atom. The average Bonchev–Trinajstić information content (AvgIpc) is 2.60. The van der Waals surface area contributed by atoms with Gasteiger partial charge in [0.15, 0.2) is 0 Å². The Balaban J connectivity index is 1.98. The summed E-state index contributed by atoms with van der Waals surface area (Å²) in [6, 6.07) is 1.20. The Labute approximate surface area is 112 Å². The van der Waals surface area contributed by atoms with Crippen LogP contribution in [0.2, 0.25) is 0 Å². The summed E-state index contributed by atoms with van der Waals surface area (Å²) in [5, 5.41) is 3.45. The van der Waals surface area contributed by atoms with Crippen LogP contribution in [-0.2, 0) is 4.74 Å².